The van der Waals surface area contributed by atoms with Gasteiger partial charge in [-0.3, -0.25) is 20.4 Å². The molecule has 0 fully saturated rings. The molecule has 5 heteroatoms. The number of carbonyl (C=O) groups is 2. The topological polar surface area (TPSA) is 58.2 Å². The van der Waals surface area contributed by atoms with Crippen LogP contribution in [0.1, 0.15) is 38.8 Å². The van der Waals surface area contributed by atoms with E-state index in [-0.39, 0.29) is 0 Å². The van der Waals surface area contributed by atoms with Crippen LogP contribution in [-0.2, 0) is 0 Å². The minimum atomic E-state index is -0.425. The lowest BCUT2D eigenvalue weighted by Crippen LogP contribution is -2.41. The summed E-state index contributed by atoms with van der Waals surface area (Å²) in [6.07, 6.45) is 7.47. The normalized spacial score (nSPS) is 11.3. The van der Waals surface area contributed by atoms with E-state index in [1.54, 1.807) is 43.3 Å². The van der Waals surface area contributed by atoms with Gasteiger partial charge in [-0.15, -0.1) is 0 Å². The number of carbonyl (C=O) groups excluding carboxylic acids is 2. The summed E-state index contributed by atoms with van der Waals surface area (Å²) >= 11 is 5.92. The third kappa shape index (κ3) is 5.43. The van der Waals surface area contributed by atoms with Crippen molar-refractivity contribution in [2.75, 3.05) is 0 Å². The van der Waals surface area contributed by atoms with E-state index in [4.69, 9.17) is 11.6 Å². The highest BCUT2D eigenvalue weighted by Crippen LogP contribution is 2.17. The van der Waals surface area contributed by atoms with Crippen molar-refractivity contribution in [1.29, 1.82) is 0 Å². The number of hydrazine groups is 1. The fraction of sp³-hybridized carbons (Fsp3) is 0.0909. The molecular weight excluding hydrogens is 360 g/mol. The first-order chi connectivity index (χ1) is 13.0. The first-order valence-electron chi connectivity index (χ1n) is 8.39. The maximum atomic E-state index is 12.3. The second-order valence-corrected chi connectivity index (χ2v) is 6.22. The predicted octanol–water partition coefficient (Wildman–Crippen LogP) is 4.87. The number of rotatable bonds is 5. The third-order valence-corrected chi connectivity index (χ3v) is 4.17. The largest absolute Gasteiger partial charge is 0.270 e. The molecule has 4 nitrogen and oxygen atoms in total. The van der Waals surface area contributed by atoms with Gasteiger partial charge in [-0.25, -0.2) is 0 Å². The zero-order valence-electron chi connectivity index (χ0n) is 15.3. The van der Waals surface area contributed by atoms with Crippen LogP contribution in [0.2, 0.25) is 5.02 Å². The molecule has 0 aliphatic carbocycles. The van der Waals surface area contributed by atoms with Gasteiger partial charge in [0.05, 0.1) is 0 Å². The smallest absolute Gasteiger partial charge is 0.267 e. The summed E-state index contributed by atoms with van der Waals surface area (Å²) in [6.45, 7) is 7.39. The molecule has 0 aliphatic rings. The summed E-state index contributed by atoms with van der Waals surface area (Å²) in [5.41, 5.74) is 8.43. The fourth-order valence-electron chi connectivity index (χ4n) is 2.44. The van der Waals surface area contributed by atoms with Crippen molar-refractivity contribution in [3.05, 3.63) is 101 Å². The highest BCUT2D eigenvalue weighted by molar-refractivity contribution is 6.31. The maximum Gasteiger partial charge on any atom is 0.270 e. The molecule has 2 aromatic carbocycles. The van der Waals surface area contributed by atoms with Crippen LogP contribution in [0, 0.1) is 6.92 Å². The van der Waals surface area contributed by atoms with E-state index in [1.165, 1.54) is 0 Å². The summed E-state index contributed by atoms with van der Waals surface area (Å²) < 4.78 is 0. The number of amides is 2. The molecule has 0 aliphatic heterocycles. The molecule has 0 atom stereocenters. The SMILES string of the molecule is C=C/C=C\C(=C/C)c1ccc(C(=O)NNC(=O)c2cc(Cl)ccc2C)cc1. The average Bonchev–Trinajstić information content (AvgIpc) is 2.68. The van der Waals surface area contributed by atoms with Crippen LogP contribution >= 0.6 is 11.6 Å². The number of benzene rings is 2. The van der Waals surface area contributed by atoms with Crippen LogP contribution in [0.25, 0.3) is 5.57 Å². The molecule has 2 rings (SSSR count). The number of halogens is 1. The van der Waals surface area contributed by atoms with Gasteiger partial charge in [-0.05, 0) is 54.8 Å². The lowest BCUT2D eigenvalue weighted by molar-refractivity contribution is 0.0846. The molecule has 2 aromatic rings. The second-order valence-electron chi connectivity index (χ2n) is 5.78. The van der Waals surface area contributed by atoms with Gasteiger partial charge in [-0.2, -0.15) is 0 Å². The minimum absolute atomic E-state index is 0.404. The van der Waals surface area contributed by atoms with Crippen molar-refractivity contribution in [2.45, 2.75) is 13.8 Å². The van der Waals surface area contributed by atoms with Gasteiger partial charge in [0.1, 0.15) is 0 Å². The van der Waals surface area contributed by atoms with Gasteiger partial charge in [0.15, 0.2) is 0 Å². The number of allylic oxidation sites excluding steroid dienone is 5. The summed E-state index contributed by atoms with van der Waals surface area (Å²) in [6, 6.07) is 12.1. The minimum Gasteiger partial charge on any atom is -0.267 e. The van der Waals surface area contributed by atoms with Crippen LogP contribution in [0.4, 0.5) is 0 Å². The predicted molar refractivity (Wildman–Crippen MR) is 111 cm³/mol. The Balaban J connectivity index is 2.04. The number of aryl methyl sites for hydroxylation is 1. The molecule has 2 N–H and O–H groups in total. The quantitative estimate of drug-likeness (QED) is 0.574. The highest BCUT2D eigenvalue weighted by Gasteiger charge is 2.12. The van der Waals surface area contributed by atoms with Crippen molar-refractivity contribution >= 4 is 29.0 Å². The summed E-state index contributed by atoms with van der Waals surface area (Å²) in [5, 5.41) is 0.456. The van der Waals surface area contributed by atoms with Crippen LogP contribution < -0.4 is 10.9 Å². The number of nitrogens with one attached hydrogen (secondary N) is 2. The van der Waals surface area contributed by atoms with Crippen molar-refractivity contribution in [3.63, 3.8) is 0 Å². The Labute approximate surface area is 164 Å². The molecule has 0 saturated heterocycles. The van der Waals surface area contributed by atoms with Gasteiger partial charge in [0, 0.05) is 16.1 Å². The van der Waals surface area contributed by atoms with Crippen LogP contribution in [0.5, 0.6) is 0 Å². The maximum absolute atomic E-state index is 12.3. The molecule has 0 spiro atoms. The molecule has 0 radical (unpaired) electrons. The molecule has 0 heterocycles. The van der Waals surface area contributed by atoms with Crippen molar-refractivity contribution in [2.24, 2.45) is 0 Å². The van der Waals surface area contributed by atoms with Gasteiger partial charge in [0.2, 0.25) is 0 Å². The monoisotopic (exact) mass is 380 g/mol. The zero-order valence-corrected chi connectivity index (χ0v) is 16.0. The van der Waals surface area contributed by atoms with Crippen molar-refractivity contribution in [3.8, 4) is 0 Å². The molecule has 138 valence electrons. The first-order valence-corrected chi connectivity index (χ1v) is 8.76. The Morgan fingerprint density at radius 2 is 1.63 bits per heavy atom. The van der Waals surface area contributed by atoms with E-state index in [0.29, 0.717) is 16.1 Å². The van der Waals surface area contributed by atoms with Gasteiger partial charge in [-0.1, -0.05) is 60.7 Å². The Kier molecular flexibility index (Phi) is 7.15. The Bertz CT molecular complexity index is 912. The fourth-order valence-corrected chi connectivity index (χ4v) is 2.61. The Morgan fingerprint density at radius 3 is 2.26 bits per heavy atom. The highest BCUT2D eigenvalue weighted by atomic mass is 35.5. The van der Waals surface area contributed by atoms with Crippen LogP contribution in [0.15, 0.2) is 73.3 Å². The van der Waals surface area contributed by atoms with E-state index in [0.717, 1.165) is 16.7 Å². The molecule has 0 unspecified atom stereocenters. The van der Waals surface area contributed by atoms with E-state index in [1.807, 2.05) is 37.3 Å². The van der Waals surface area contributed by atoms with Gasteiger partial charge in [0.25, 0.3) is 11.8 Å². The summed E-state index contributed by atoms with van der Waals surface area (Å²) in [4.78, 5) is 24.5. The van der Waals surface area contributed by atoms with E-state index >= 15 is 0 Å². The number of hydrogen-bond donors (Lipinski definition) is 2. The summed E-state index contributed by atoms with van der Waals surface area (Å²) in [5.74, 6) is -0.830. The Hall–Kier alpha value is -3.11. The summed E-state index contributed by atoms with van der Waals surface area (Å²) in [7, 11) is 0. The first kappa shape index (κ1) is 20.2. The lowest BCUT2D eigenvalue weighted by Gasteiger charge is -2.10. The molecule has 27 heavy (non-hydrogen) atoms. The molecule has 0 saturated carbocycles. The van der Waals surface area contributed by atoms with Gasteiger partial charge >= 0.3 is 0 Å². The van der Waals surface area contributed by atoms with Crippen molar-refractivity contribution < 1.29 is 9.59 Å². The standard InChI is InChI=1S/C22H21ClN2O2/c1-4-6-7-16(5-2)17-9-11-18(12-10-17)21(26)24-25-22(27)20-14-19(23)13-8-15(20)3/h4-14H,1H2,2-3H3,(H,24,26)(H,25,27)/b7-6-,16-5+. The molecule has 2 amide bonds. The lowest BCUT2D eigenvalue weighted by atomic mass is 10.0. The zero-order chi connectivity index (χ0) is 19.8. The van der Waals surface area contributed by atoms with Gasteiger partial charge < -0.3 is 0 Å². The second kappa shape index (κ2) is 9.55. The Morgan fingerprint density at radius 1 is 1.00 bits per heavy atom. The molecule has 0 bridgehead atoms. The van der Waals surface area contributed by atoms with E-state index in [9.17, 15) is 9.59 Å². The van der Waals surface area contributed by atoms with E-state index in [2.05, 4.69) is 17.4 Å². The number of hydrogen-bond acceptors (Lipinski definition) is 2. The van der Waals surface area contributed by atoms with Crippen LogP contribution in [0.3, 0.4) is 0 Å². The van der Waals surface area contributed by atoms with E-state index < -0.39 is 11.8 Å². The average molecular weight is 381 g/mol. The van der Waals surface area contributed by atoms with Crippen LogP contribution in [-0.4, -0.2) is 11.8 Å². The molecule has 0 aromatic heterocycles. The van der Waals surface area contributed by atoms with Crippen molar-refractivity contribution in [1.82, 2.24) is 10.9 Å². The molecular formula is C22H21ClN2O2. The third-order valence-electron chi connectivity index (χ3n) is 3.94.